The number of rotatable bonds is 4. The normalized spacial score (nSPS) is 10.8. The van der Waals surface area contributed by atoms with E-state index in [9.17, 15) is 9.90 Å². The number of hydrogen-bond acceptors (Lipinski definition) is 6. The molecular formula is C16H17N5O2S. The molecule has 3 rings (SSSR count). The van der Waals surface area contributed by atoms with Gasteiger partial charge in [0.1, 0.15) is 16.5 Å². The van der Waals surface area contributed by atoms with Crippen molar-refractivity contribution < 1.29 is 9.90 Å². The SMILES string of the molecule is CCc1nnc(NC(=O)c2cc(-c3ccc(C)c(C)c3O)n[nH]2)s1. The van der Waals surface area contributed by atoms with Gasteiger partial charge in [-0.25, -0.2) is 0 Å². The number of phenols is 1. The molecule has 0 radical (unpaired) electrons. The van der Waals surface area contributed by atoms with Crippen LogP contribution in [-0.2, 0) is 6.42 Å². The second-order valence-electron chi connectivity index (χ2n) is 5.38. The van der Waals surface area contributed by atoms with Crippen LogP contribution < -0.4 is 5.32 Å². The van der Waals surface area contributed by atoms with Gasteiger partial charge < -0.3 is 5.11 Å². The fourth-order valence-corrected chi connectivity index (χ4v) is 2.87. The van der Waals surface area contributed by atoms with Crippen molar-refractivity contribution in [1.29, 1.82) is 0 Å². The number of H-pyrrole nitrogens is 1. The molecule has 8 heteroatoms. The van der Waals surface area contributed by atoms with Crippen LogP contribution in [0.1, 0.15) is 33.5 Å². The maximum Gasteiger partial charge on any atom is 0.275 e. The van der Waals surface area contributed by atoms with E-state index in [0.717, 1.165) is 22.6 Å². The zero-order valence-corrected chi connectivity index (χ0v) is 14.4. The van der Waals surface area contributed by atoms with Crippen LogP contribution in [0.3, 0.4) is 0 Å². The predicted octanol–water partition coefficient (Wildman–Crippen LogP) is 3.07. The first-order valence-corrected chi connectivity index (χ1v) is 8.30. The van der Waals surface area contributed by atoms with Crippen LogP contribution in [0.5, 0.6) is 5.75 Å². The van der Waals surface area contributed by atoms with Crippen LogP contribution in [0.25, 0.3) is 11.3 Å². The van der Waals surface area contributed by atoms with Crippen molar-refractivity contribution in [2.24, 2.45) is 0 Å². The van der Waals surface area contributed by atoms with Gasteiger partial charge in [0.25, 0.3) is 5.91 Å². The van der Waals surface area contributed by atoms with Crippen molar-refractivity contribution in [3.8, 4) is 17.0 Å². The first kappa shape index (κ1) is 16.1. The maximum atomic E-state index is 12.3. The Morgan fingerprint density at radius 1 is 1.33 bits per heavy atom. The number of aryl methyl sites for hydroxylation is 2. The van der Waals surface area contributed by atoms with Crippen LogP contribution >= 0.6 is 11.3 Å². The average Bonchev–Trinajstić information content (AvgIpc) is 3.22. The zero-order chi connectivity index (χ0) is 17.3. The fraction of sp³-hybridized carbons (Fsp3) is 0.250. The Hall–Kier alpha value is -2.74. The number of hydrogen-bond donors (Lipinski definition) is 3. The van der Waals surface area contributed by atoms with Crippen molar-refractivity contribution in [2.75, 3.05) is 5.32 Å². The lowest BCUT2D eigenvalue weighted by atomic mass is 10.0. The van der Waals surface area contributed by atoms with Crippen LogP contribution in [0.2, 0.25) is 0 Å². The lowest BCUT2D eigenvalue weighted by Gasteiger charge is -2.07. The molecule has 0 aliphatic heterocycles. The molecule has 0 saturated heterocycles. The summed E-state index contributed by atoms with van der Waals surface area (Å²) in [5.41, 5.74) is 3.16. The molecule has 0 aliphatic rings. The number of aromatic hydroxyl groups is 1. The average molecular weight is 343 g/mol. The first-order chi connectivity index (χ1) is 11.5. The highest BCUT2D eigenvalue weighted by molar-refractivity contribution is 7.15. The summed E-state index contributed by atoms with van der Waals surface area (Å²) < 4.78 is 0. The first-order valence-electron chi connectivity index (χ1n) is 7.48. The molecule has 7 nitrogen and oxygen atoms in total. The van der Waals surface area contributed by atoms with Crippen LogP contribution in [-0.4, -0.2) is 31.4 Å². The highest BCUT2D eigenvalue weighted by atomic mass is 32.1. The summed E-state index contributed by atoms with van der Waals surface area (Å²) in [6.45, 7) is 5.74. The van der Waals surface area contributed by atoms with E-state index < -0.39 is 0 Å². The molecule has 0 aliphatic carbocycles. The molecule has 3 N–H and O–H groups in total. The minimum Gasteiger partial charge on any atom is -0.507 e. The Morgan fingerprint density at radius 2 is 2.12 bits per heavy atom. The van der Waals surface area contributed by atoms with Crippen LogP contribution in [0.15, 0.2) is 18.2 Å². The maximum absolute atomic E-state index is 12.3. The topological polar surface area (TPSA) is 104 Å². The summed E-state index contributed by atoms with van der Waals surface area (Å²) in [5.74, 6) is -0.180. The highest BCUT2D eigenvalue weighted by Crippen LogP contribution is 2.32. The van der Waals surface area contributed by atoms with Crippen molar-refractivity contribution in [3.63, 3.8) is 0 Å². The van der Waals surface area contributed by atoms with E-state index >= 15 is 0 Å². The molecule has 24 heavy (non-hydrogen) atoms. The standard InChI is InChI=1S/C16H17N5O2S/c1-4-13-20-21-16(24-13)17-15(23)12-7-11(18-19-12)10-6-5-8(2)9(3)14(10)22/h5-7,22H,4H2,1-3H3,(H,18,19)(H,17,21,23). The number of anilines is 1. The quantitative estimate of drug-likeness (QED) is 0.675. The van der Waals surface area contributed by atoms with Gasteiger partial charge in [-0.3, -0.25) is 15.2 Å². The van der Waals surface area contributed by atoms with Crippen molar-refractivity contribution in [3.05, 3.63) is 40.0 Å². The lowest BCUT2D eigenvalue weighted by molar-refractivity contribution is 0.102. The minimum absolute atomic E-state index is 0.171. The molecule has 124 valence electrons. The van der Waals surface area contributed by atoms with Gasteiger partial charge in [-0.15, -0.1) is 10.2 Å². The van der Waals surface area contributed by atoms with Crippen molar-refractivity contribution in [1.82, 2.24) is 20.4 Å². The molecule has 0 bridgehead atoms. The van der Waals surface area contributed by atoms with Crippen LogP contribution in [0, 0.1) is 13.8 Å². The molecule has 0 saturated carbocycles. The number of carbonyl (C=O) groups is 1. The Morgan fingerprint density at radius 3 is 2.83 bits per heavy atom. The van der Waals surface area contributed by atoms with Gasteiger partial charge in [0, 0.05) is 5.56 Å². The van der Waals surface area contributed by atoms with E-state index in [-0.39, 0.29) is 17.4 Å². The van der Waals surface area contributed by atoms with Gasteiger partial charge in [0.2, 0.25) is 5.13 Å². The summed E-state index contributed by atoms with van der Waals surface area (Å²) in [6.07, 6.45) is 0.772. The molecule has 2 heterocycles. The molecule has 3 aromatic rings. The number of nitrogens with zero attached hydrogens (tertiary/aromatic N) is 3. The molecular weight excluding hydrogens is 326 g/mol. The Labute approximate surface area is 142 Å². The zero-order valence-electron chi connectivity index (χ0n) is 13.5. The summed E-state index contributed by atoms with van der Waals surface area (Å²) in [7, 11) is 0. The summed E-state index contributed by atoms with van der Waals surface area (Å²) >= 11 is 1.34. The second-order valence-corrected chi connectivity index (χ2v) is 6.44. The number of aromatic nitrogens is 4. The van der Waals surface area contributed by atoms with Gasteiger partial charge in [-0.1, -0.05) is 24.3 Å². The largest absolute Gasteiger partial charge is 0.507 e. The number of nitrogens with one attached hydrogen (secondary N) is 2. The summed E-state index contributed by atoms with van der Waals surface area (Å²) in [5, 5.41) is 28.9. The molecule has 1 amide bonds. The highest BCUT2D eigenvalue weighted by Gasteiger charge is 2.16. The number of benzene rings is 1. The molecule has 0 atom stereocenters. The molecule has 0 fully saturated rings. The van der Waals surface area contributed by atoms with Gasteiger partial charge in [0.05, 0.1) is 5.69 Å². The molecule has 1 aromatic carbocycles. The number of phenolic OH excluding ortho intramolecular Hbond substituents is 1. The van der Waals surface area contributed by atoms with E-state index in [0.29, 0.717) is 16.4 Å². The number of aromatic amines is 1. The monoisotopic (exact) mass is 343 g/mol. The summed E-state index contributed by atoms with van der Waals surface area (Å²) in [6, 6.07) is 5.29. The van der Waals surface area contributed by atoms with E-state index in [1.807, 2.05) is 26.8 Å². The molecule has 0 spiro atoms. The fourth-order valence-electron chi connectivity index (χ4n) is 2.20. The third-order valence-electron chi connectivity index (χ3n) is 3.79. The second kappa shape index (κ2) is 6.40. The Kier molecular flexibility index (Phi) is 4.30. The van der Waals surface area contributed by atoms with Gasteiger partial charge in [-0.05, 0) is 43.5 Å². The third-order valence-corrected chi connectivity index (χ3v) is 4.77. The third kappa shape index (κ3) is 3.00. The Bertz CT molecular complexity index is 900. The van der Waals surface area contributed by atoms with Gasteiger partial charge >= 0.3 is 0 Å². The number of carbonyl (C=O) groups excluding carboxylic acids is 1. The molecule has 0 unspecified atom stereocenters. The van der Waals surface area contributed by atoms with Crippen LogP contribution in [0.4, 0.5) is 5.13 Å². The van der Waals surface area contributed by atoms with Crippen molar-refractivity contribution in [2.45, 2.75) is 27.2 Å². The predicted molar refractivity (Wildman–Crippen MR) is 92.4 cm³/mol. The van der Waals surface area contributed by atoms with E-state index in [1.54, 1.807) is 12.1 Å². The Balaban J connectivity index is 1.82. The van der Waals surface area contributed by atoms with Crippen molar-refractivity contribution >= 4 is 22.4 Å². The number of amides is 1. The van der Waals surface area contributed by atoms with E-state index in [4.69, 9.17) is 0 Å². The van der Waals surface area contributed by atoms with E-state index in [2.05, 4.69) is 25.7 Å². The molecule has 2 aromatic heterocycles. The van der Waals surface area contributed by atoms with Gasteiger partial charge in [-0.2, -0.15) is 5.10 Å². The van der Waals surface area contributed by atoms with E-state index in [1.165, 1.54) is 11.3 Å². The minimum atomic E-state index is -0.351. The lowest BCUT2D eigenvalue weighted by Crippen LogP contribution is -2.12. The summed E-state index contributed by atoms with van der Waals surface area (Å²) in [4.78, 5) is 12.3. The smallest absolute Gasteiger partial charge is 0.275 e. The van der Waals surface area contributed by atoms with Gasteiger partial charge in [0.15, 0.2) is 0 Å².